The number of rotatable bonds is 9. The van der Waals surface area contributed by atoms with Crippen molar-refractivity contribution in [2.45, 2.75) is 17.9 Å². The van der Waals surface area contributed by atoms with Crippen LogP contribution in [0, 0.1) is 0 Å². The molecule has 3 rings (SSSR count). The van der Waals surface area contributed by atoms with Gasteiger partial charge in [-0.15, -0.1) is 0 Å². The summed E-state index contributed by atoms with van der Waals surface area (Å²) in [5, 5.41) is 3.10. The lowest BCUT2D eigenvalue weighted by Gasteiger charge is -2.25. The van der Waals surface area contributed by atoms with Crippen LogP contribution >= 0.6 is 0 Å². The predicted octanol–water partition coefficient (Wildman–Crippen LogP) is 2.37. The molecule has 0 aliphatic carbocycles. The van der Waals surface area contributed by atoms with Gasteiger partial charge in [-0.2, -0.15) is 13.1 Å². The monoisotopic (exact) mass is 443 g/mol. The first kappa shape index (κ1) is 22.2. The molecule has 1 aliphatic heterocycles. The number of aromatic nitrogens is 1. The maximum atomic E-state index is 12.6. The minimum absolute atomic E-state index is 0.0251. The number of halogens is 2. The quantitative estimate of drug-likeness (QED) is 0.636. The number of morpholine rings is 1. The summed E-state index contributed by atoms with van der Waals surface area (Å²) in [6, 6.07) is 7.86. The Morgan fingerprint density at radius 1 is 1.20 bits per heavy atom. The molecule has 0 atom stereocenters. The van der Waals surface area contributed by atoms with Crippen LogP contribution in [0.15, 0.2) is 41.4 Å². The molecular formula is C19H23F2N3O5S. The molecule has 8 nitrogen and oxygen atoms in total. The molecule has 30 heavy (non-hydrogen) atoms. The Hall–Kier alpha value is -2.50. The molecule has 0 unspecified atom stereocenters. The standard InChI is InChI=1S/C19H23F2N3O5S/c1-27-17-12-14(2-4-16(17)29-19(20)21)6-7-22-18-5-3-15(13-23-18)30(25,26)24-8-10-28-11-9-24/h2-5,12-13,19H,6-11H2,1H3,(H,22,23). The minimum atomic E-state index is -3.58. The van der Waals surface area contributed by atoms with E-state index < -0.39 is 16.6 Å². The van der Waals surface area contributed by atoms with Gasteiger partial charge in [-0.3, -0.25) is 0 Å². The molecule has 0 amide bonds. The third-order valence-electron chi connectivity index (χ3n) is 4.51. The van der Waals surface area contributed by atoms with E-state index in [1.54, 1.807) is 18.2 Å². The maximum absolute atomic E-state index is 12.6. The predicted molar refractivity (Wildman–Crippen MR) is 106 cm³/mol. The number of ether oxygens (including phenoxy) is 3. The van der Waals surface area contributed by atoms with E-state index in [4.69, 9.17) is 9.47 Å². The Bertz CT molecular complexity index is 936. The molecule has 2 heterocycles. The largest absolute Gasteiger partial charge is 0.493 e. The van der Waals surface area contributed by atoms with Crippen LogP contribution in [-0.2, 0) is 21.2 Å². The summed E-state index contributed by atoms with van der Waals surface area (Å²) in [5.41, 5.74) is 0.854. The lowest BCUT2D eigenvalue weighted by Crippen LogP contribution is -2.40. The third kappa shape index (κ3) is 5.55. The highest BCUT2D eigenvalue weighted by Gasteiger charge is 2.26. The molecule has 1 N–H and O–H groups in total. The second-order valence-electron chi connectivity index (χ2n) is 6.44. The summed E-state index contributed by atoms with van der Waals surface area (Å²) in [5.74, 6) is 0.729. The number of anilines is 1. The summed E-state index contributed by atoms with van der Waals surface area (Å²) in [4.78, 5) is 4.31. The summed E-state index contributed by atoms with van der Waals surface area (Å²) < 4.78 is 66.0. The molecule has 164 valence electrons. The van der Waals surface area contributed by atoms with Crippen molar-refractivity contribution >= 4 is 15.8 Å². The normalized spacial score (nSPS) is 15.2. The fraction of sp³-hybridized carbons (Fsp3) is 0.421. The first-order chi connectivity index (χ1) is 14.4. The van der Waals surface area contributed by atoms with Crippen LogP contribution in [-0.4, -0.2) is 64.3 Å². The van der Waals surface area contributed by atoms with Crippen molar-refractivity contribution in [3.63, 3.8) is 0 Å². The average Bonchev–Trinajstić information content (AvgIpc) is 2.75. The molecule has 2 aromatic rings. The van der Waals surface area contributed by atoms with E-state index in [9.17, 15) is 17.2 Å². The van der Waals surface area contributed by atoms with Crippen molar-refractivity contribution in [2.75, 3.05) is 45.3 Å². The van der Waals surface area contributed by atoms with Crippen LogP contribution < -0.4 is 14.8 Å². The molecule has 0 radical (unpaired) electrons. The van der Waals surface area contributed by atoms with Gasteiger partial charge in [-0.1, -0.05) is 6.07 Å². The highest BCUT2D eigenvalue weighted by atomic mass is 32.2. The van der Waals surface area contributed by atoms with E-state index in [1.165, 1.54) is 29.7 Å². The van der Waals surface area contributed by atoms with Crippen molar-refractivity contribution < 1.29 is 31.4 Å². The second-order valence-corrected chi connectivity index (χ2v) is 8.37. The van der Waals surface area contributed by atoms with Gasteiger partial charge < -0.3 is 19.5 Å². The zero-order chi connectivity index (χ0) is 21.6. The number of hydrogen-bond acceptors (Lipinski definition) is 7. The van der Waals surface area contributed by atoms with Crippen molar-refractivity contribution in [1.82, 2.24) is 9.29 Å². The molecule has 0 saturated carbocycles. The summed E-state index contributed by atoms with van der Waals surface area (Å²) >= 11 is 0. The van der Waals surface area contributed by atoms with Crippen LogP contribution in [0.25, 0.3) is 0 Å². The third-order valence-corrected chi connectivity index (χ3v) is 6.39. The van der Waals surface area contributed by atoms with E-state index in [2.05, 4.69) is 15.0 Å². The van der Waals surface area contributed by atoms with E-state index >= 15 is 0 Å². The van der Waals surface area contributed by atoms with Crippen molar-refractivity contribution in [2.24, 2.45) is 0 Å². The van der Waals surface area contributed by atoms with Gasteiger partial charge in [0, 0.05) is 25.8 Å². The topological polar surface area (TPSA) is 90.0 Å². The van der Waals surface area contributed by atoms with Crippen LogP contribution in [0.1, 0.15) is 5.56 Å². The van der Waals surface area contributed by atoms with Crippen molar-refractivity contribution in [1.29, 1.82) is 0 Å². The molecule has 11 heteroatoms. The lowest BCUT2D eigenvalue weighted by atomic mass is 10.1. The number of nitrogens with one attached hydrogen (secondary N) is 1. The Labute approximate surface area is 173 Å². The molecule has 0 spiro atoms. The SMILES string of the molecule is COc1cc(CCNc2ccc(S(=O)(=O)N3CCOCC3)cn2)ccc1OC(F)F. The van der Waals surface area contributed by atoms with E-state index in [0.717, 1.165) is 5.56 Å². The van der Waals surface area contributed by atoms with Crippen LogP contribution in [0.5, 0.6) is 11.5 Å². The Morgan fingerprint density at radius 2 is 1.97 bits per heavy atom. The number of alkyl halides is 2. The number of pyridine rings is 1. The Kier molecular flexibility index (Phi) is 7.40. The first-order valence-corrected chi connectivity index (χ1v) is 10.7. The van der Waals surface area contributed by atoms with Gasteiger partial charge in [0.1, 0.15) is 10.7 Å². The highest BCUT2D eigenvalue weighted by molar-refractivity contribution is 7.89. The highest BCUT2D eigenvalue weighted by Crippen LogP contribution is 2.29. The van der Waals surface area contributed by atoms with Crippen molar-refractivity contribution in [3.05, 3.63) is 42.1 Å². The number of methoxy groups -OCH3 is 1. The van der Waals surface area contributed by atoms with Gasteiger partial charge >= 0.3 is 6.61 Å². The summed E-state index contributed by atoms with van der Waals surface area (Å²) in [6.07, 6.45) is 1.90. The Balaban J connectivity index is 1.56. The molecule has 1 aliphatic rings. The van der Waals surface area contributed by atoms with Crippen LogP contribution in [0.2, 0.25) is 0 Å². The van der Waals surface area contributed by atoms with Gasteiger partial charge in [-0.25, -0.2) is 13.4 Å². The molecular weight excluding hydrogens is 420 g/mol. The second kappa shape index (κ2) is 10.0. The number of hydrogen-bond donors (Lipinski definition) is 1. The van der Waals surface area contributed by atoms with Crippen LogP contribution in [0.3, 0.4) is 0 Å². The first-order valence-electron chi connectivity index (χ1n) is 9.29. The molecule has 1 saturated heterocycles. The zero-order valence-corrected chi connectivity index (χ0v) is 17.2. The van der Waals surface area contributed by atoms with E-state index in [-0.39, 0.29) is 16.4 Å². The maximum Gasteiger partial charge on any atom is 0.387 e. The lowest BCUT2D eigenvalue weighted by molar-refractivity contribution is -0.0512. The van der Waals surface area contributed by atoms with E-state index in [1.807, 2.05) is 0 Å². The van der Waals surface area contributed by atoms with Gasteiger partial charge in [0.05, 0.1) is 20.3 Å². The zero-order valence-electron chi connectivity index (χ0n) is 16.4. The minimum Gasteiger partial charge on any atom is -0.493 e. The van der Waals surface area contributed by atoms with Crippen LogP contribution in [0.4, 0.5) is 14.6 Å². The van der Waals surface area contributed by atoms with Gasteiger partial charge in [0.15, 0.2) is 11.5 Å². The fourth-order valence-electron chi connectivity index (χ4n) is 2.97. The van der Waals surface area contributed by atoms with Gasteiger partial charge in [0.25, 0.3) is 0 Å². The number of sulfonamides is 1. The molecule has 1 fully saturated rings. The number of nitrogens with zero attached hydrogens (tertiary/aromatic N) is 2. The van der Waals surface area contributed by atoms with Gasteiger partial charge in [-0.05, 0) is 36.2 Å². The summed E-state index contributed by atoms with van der Waals surface area (Å²) in [7, 11) is -2.20. The summed E-state index contributed by atoms with van der Waals surface area (Å²) in [6.45, 7) is -1.01. The van der Waals surface area contributed by atoms with E-state index in [0.29, 0.717) is 45.1 Å². The number of benzene rings is 1. The fourth-order valence-corrected chi connectivity index (χ4v) is 4.32. The molecule has 0 bridgehead atoms. The van der Waals surface area contributed by atoms with Crippen molar-refractivity contribution in [3.8, 4) is 11.5 Å². The molecule has 1 aromatic heterocycles. The molecule has 1 aromatic carbocycles. The Morgan fingerprint density at radius 3 is 2.60 bits per heavy atom. The average molecular weight is 443 g/mol. The smallest absolute Gasteiger partial charge is 0.387 e. The van der Waals surface area contributed by atoms with Gasteiger partial charge in [0.2, 0.25) is 10.0 Å².